The highest BCUT2D eigenvalue weighted by atomic mass is 35.5. The van der Waals surface area contributed by atoms with E-state index in [1.165, 1.54) is 16.7 Å². The third-order valence-corrected chi connectivity index (χ3v) is 4.13. The number of benzene rings is 1. The summed E-state index contributed by atoms with van der Waals surface area (Å²) in [4.78, 5) is 13.6. The Morgan fingerprint density at radius 2 is 1.95 bits per heavy atom. The van der Waals surface area contributed by atoms with Crippen molar-refractivity contribution in [3.8, 4) is 0 Å². The molecule has 116 valence electrons. The van der Waals surface area contributed by atoms with E-state index in [0.29, 0.717) is 12.0 Å². The molecule has 1 unspecified atom stereocenters. The van der Waals surface area contributed by atoms with Gasteiger partial charge in [0, 0.05) is 23.7 Å². The summed E-state index contributed by atoms with van der Waals surface area (Å²) in [5, 5.41) is 0. The maximum Gasteiger partial charge on any atom is 0.245 e. The van der Waals surface area contributed by atoms with Gasteiger partial charge in [0.25, 0.3) is 0 Å². The third-order valence-electron chi connectivity index (χ3n) is 3.87. The highest BCUT2D eigenvalue weighted by Crippen LogP contribution is 2.18. The minimum absolute atomic E-state index is 0.206. The molecule has 0 radical (unpaired) electrons. The van der Waals surface area contributed by atoms with E-state index in [9.17, 15) is 4.79 Å². The molecule has 0 aliphatic rings. The fourth-order valence-electron chi connectivity index (χ4n) is 2.50. The van der Waals surface area contributed by atoms with Gasteiger partial charge >= 0.3 is 0 Å². The van der Waals surface area contributed by atoms with Gasteiger partial charge in [0.05, 0.1) is 0 Å². The molecule has 0 spiro atoms. The molecule has 1 rings (SSSR count). The number of nitrogens with two attached hydrogens (primary N) is 1. The average molecular weight is 309 g/mol. The number of carbonyl (C=O) groups is 1. The average Bonchev–Trinajstić information content (AvgIpc) is 2.49. The predicted octanol–water partition coefficient (Wildman–Crippen LogP) is 3.46. The normalized spacial score (nSPS) is 13.5. The van der Waals surface area contributed by atoms with Crippen LogP contribution in [0.5, 0.6) is 0 Å². The number of rotatable bonds is 8. The number of halogens is 1. The van der Waals surface area contributed by atoms with Crippen LogP contribution in [0.15, 0.2) is 35.4 Å². The van der Waals surface area contributed by atoms with E-state index in [0.717, 1.165) is 19.5 Å². The molecule has 0 saturated carbocycles. The molecular formula is C17H25ClN2O. The Balaban J connectivity index is 2.80. The number of hydrogen-bond donors (Lipinski definition) is 1. The van der Waals surface area contributed by atoms with Crippen molar-refractivity contribution < 1.29 is 4.79 Å². The Kier molecular flexibility index (Phi) is 7.48. The SMILES string of the molecule is CCc1ccccc1CN(CC)C(C)C/C(=C/Cl)C(N)=O. The van der Waals surface area contributed by atoms with Crippen LogP contribution in [0, 0.1) is 0 Å². The molecular weight excluding hydrogens is 284 g/mol. The quantitative estimate of drug-likeness (QED) is 0.748. The van der Waals surface area contributed by atoms with Crippen LogP contribution in [0.1, 0.15) is 38.3 Å². The van der Waals surface area contributed by atoms with Crippen LogP contribution in [0.3, 0.4) is 0 Å². The predicted molar refractivity (Wildman–Crippen MR) is 89.1 cm³/mol. The first kappa shape index (κ1) is 17.7. The second-order valence-corrected chi connectivity index (χ2v) is 5.46. The van der Waals surface area contributed by atoms with Gasteiger partial charge in [-0.1, -0.05) is 49.7 Å². The van der Waals surface area contributed by atoms with Gasteiger partial charge in [-0.2, -0.15) is 0 Å². The second kappa shape index (κ2) is 8.85. The van der Waals surface area contributed by atoms with E-state index < -0.39 is 5.91 Å². The number of amides is 1. The van der Waals surface area contributed by atoms with Crippen LogP contribution in [-0.2, 0) is 17.8 Å². The Morgan fingerprint density at radius 1 is 1.33 bits per heavy atom. The second-order valence-electron chi connectivity index (χ2n) is 5.24. The van der Waals surface area contributed by atoms with Gasteiger partial charge in [-0.3, -0.25) is 9.69 Å². The Hall–Kier alpha value is -1.32. The Labute approximate surface area is 132 Å². The van der Waals surface area contributed by atoms with E-state index in [4.69, 9.17) is 17.3 Å². The summed E-state index contributed by atoms with van der Waals surface area (Å²) >= 11 is 5.68. The fourth-order valence-corrected chi connectivity index (χ4v) is 2.70. The van der Waals surface area contributed by atoms with Crippen molar-refractivity contribution in [1.82, 2.24) is 4.90 Å². The molecule has 1 aromatic carbocycles. The summed E-state index contributed by atoms with van der Waals surface area (Å²) < 4.78 is 0. The van der Waals surface area contributed by atoms with Gasteiger partial charge in [0.1, 0.15) is 0 Å². The van der Waals surface area contributed by atoms with E-state index in [-0.39, 0.29) is 6.04 Å². The molecule has 1 amide bonds. The van der Waals surface area contributed by atoms with E-state index in [2.05, 4.69) is 49.9 Å². The van der Waals surface area contributed by atoms with Crippen molar-refractivity contribution in [2.75, 3.05) is 6.54 Å². The monoisotopic (exact) mass is 308 g/mol. The van der Waals surface area contributed by atoms with E-state index in [1.54, 1.807) is 0 Å². The summed E-state index contributed by atoms with van der Waals surface area (Å²) in [5.41, 5.74) is 9.81. The molecule has 0 aromatic heterocycles. The first-order valence-corrected chi connectivity index (χ1v) is 7.86. The fraction of sp³-hybridized carbons (Fsp3) is 0.471. The molecule has 2 N–H and O–H groups in total. The molecule has 1 atom stereocenters. The van der Waals surface area contributed by atoms with Crippen LogP contribution >= 0.6 is 11.6 Å². The van der Waals surface area contributed by atoms with Crippen molar-refractivity contribution in [1.29, 1.82) is 0 Å². The van der Waals surface area contributed by atoms with Crippen molar-refractivity contribution >= 4 is 17.5 Å². The van der Waals surface area contributed by atoms with Crippen molar-refractivity contribution in [2.45, 2.75) is 46.2 Å². The zero-order valence-electron chi connectivity index (χ0n) is 13.1. The van der Waals surface area contributed by atoms with Gasteiger partial charge in [-0.15, -0.1) is 0 Å². The van der Waals surface area contributed by atoms with Crippen LogP contribution in [0.4, 0.5) is 0 Å². The lowest BCUT2D eigenvalue weighted by Gasteiger charge is -2.29. The minimum Gasteiger partial charge on any atom is -0.366 e. The molecule has 3 nitrogen and oxygen atoms in total. The zero-order chi connectivity index (χ0) is 15.8. The van der Waals surface area contributed by atoms with Crippen LogP contribution in [-0.4, -0.2) is 23.4 Å². The standard InChI is InChI=1S/C17H25ClN2O/c1-4-14-8-6-7-9-15(14)12-20(5-2)13(3)10-16(11-18)17(19)21/h6-9,11,13H,4-5,10,12H2,1-3H3,(H2,19,21)/b16-11-. The summed E-state index contributed by atoms with van der Waals surface area (Å²) in [6, 6.07) is 8.68. The lowest BCUT2D eigenvalue weighted by Crippen LogP contribution is -2.34. The summed E-state index contributed by atoms with van der Waals surface area (Å²) in [6.07, 6.45) is 1.59. The molecule has 0 fully saturated rings. The topological polar surface area (TPSA) is 46.3 Å². The largest absolute Gasteiger partial charge is 0.366 e. The molecule has 21 heavy (non-hydrogen) atoms. The van der Waals surface area contributed by atoms with Crippen LogP contribution in [0.25, 0.3) is 0 Å². The van der Waals surface area contributed by atoms with Gasteiger partial charge in [-0.05, 0) is 37.4 Å². The molecule has 0 bridgehead atoms. The molecule has 1 aromatic rings. The lowest BCUT2D eigenvalue weighted by atomic mass is 10.0. The summed E-state index contributed by atoms with van der Waals surface area (Å²) in [5.74, 6) is -0.443. The maximum atomic E-state index is 11.3. The number of primary amides is 1. The van der Waals surface area contributed by atoms with Crippen molar-refractivity contribution in [2.24, 2.45) is 5.73 Å². The molecule has 4 heteroatoms. The van der Waals surface area contributed by atoms with Crippen LogP contribution < -0.4 is 5.73 Å². The van der Waals surface area contributed by atoms with Crippen molar-refractivity contribution in [3.05, 3.63) is 46.5 Å². The van der Waals surface area contributed by atoms with E-state index in [1.807, 2.05) is 0 Å². The molecule has 0 heterocycles. The summed E-state index contributed by atoms with van der Waals surface area (Å²) in [7, 11) is 0. The van der Waals surface area contributed by atoms with Gasteiger partial charge in [0.2, 0.25) is 5.91 Å². The van der Waals surface area contributed by atoms with Gasteiger partial charge in [0.15, 0.2) is 0 Å². The maximum absolute atomic E-state index is 11.3. The zero-order valence-corrected chi connectivity index (χ0v) is 13.9. The molecule has 0 aliphatic heterocycles. The van der Waals surface area contributed by atoms with Gasteiger partial charge < -0.3 is 5.73 Å². The first-order valence-electron chi connectivity index (χ1n) is 7.43. The number of nitrogens with zero attached hydrogens (tertiary/aromatic N) is 1. The van der Waals surface area contributed by atoms with Crippen molar-refractivity contribution in [3.63, 3.8) is 0 Å². The van der Waals surface area contributed by atoms with E-state index >= 15 is 0 Å². The smallest absolute Gasteiger partial charge is 0.245 e. The number of aryl methyl sites for hydroxylation is 1. The first-order chi connectivity index (χ1) is 10.0. The highest BCUT2D eigenvalue weighted by Gasteiger charge is 2.17. The molecule has 0 aliphatic carbocycles. The van der Waals surface area contributed by atoms with Gasteiger partial charge in [-0.25, -0.2) is 0 Å². The number of hydrogen-bond acceptors (Lipinski definition) is 2. The minimum atomic E-state index is -0.443. The molecule has 0 saturated heterocycles. The third kappa shape index (κ3) is 5.18. The number of carbonyl (C=O) groups excluding carboxylic acids is 1. The van der Waals surface area contributed by atoms with Crippen LogP contribution in [0.2, 0.25) is 0 Å². The highest BCUT2D eigenvalue weighted by molar-refractivity contribution is 6.27. The summed E-state index contributed by atoms with van der Waals surface area (Å²) in [6.45, 7) is 8.17. The lowest BCUT2D eigenvalue weighted by molar-refractivity contribution is -0.114. The Morgan fingerprint density at radius 3 is 2.43 bits per heavy atom. The Bertz CT molecular complexity index is 499.